The van der Waals surface area contributed by atoms with Gasteiger partial charge in [0, 0.05) is 30.1 Å². The van der Waals surface area contributed by atoms with Crippen molar-refractivity contribution < 1.29 is 29.3 Å². The Morgan fingerprint density at radius 3 is 2.63 bits per heavy atom. The molecule has 0 spiro atoms. The number of aromatic nitrogens is 1. The largest absolute Gasteiger partial charge is 0.497 e. The maximum absolute atomic E-state index is 12.8. The molecule has 1 fully saturated rings. The van der Waals surface area contributed by atoms with Crippen molar-refractivity contribution in [2.45, 2.75) is 19.3 Å². The van der Waals surface area contributed by atoms with Crippen LogP contribution in [-0.2, 0) is 9.59 Å². The van der Waals surface area contributed by atoms with E-state index in [9.17, 15) is 4.79 Å². The molecule has 1 aliphatic heterocycles. The molecular formula is C22H26N2O6. The van der Waals surface area contributed by atoms with Gasteiger partial charge < -0.3 is 20.3 Å². The van der Waals surface area contributed by atoms with E-state index in [2.05, 4.69) is 16.9 Å². The molecule has 1 aromatic carbocycles. The molecule has 160 valence electrons. The lowest BCUT2D eigenvalue weighted by atomic mass is 9.82. The zero-order chi connectivity index (χ0) is 22.1. The molecule has 0 amide bonds. The van der Waals surface area contributed by atoms with Gasteiger partial charge in [0.2, 0.25) is 0 Å². The molecule has 8 nitrogen and oxygen atoms in total. The van der Waals surface area contributed by atoms with Crippen LogP contribution in [0.25, 0.3) is 10.9 Å². The third-order valence-electron chi connectivity index (χ3n) is 5.15. The van der Waals surface area contributed by atoms with Crippen molar-refractivity contribution in [3.05, 3.63) is 48.7 Å². The number of methoxy groups -OCH3 is 1. The van der Waals surface area contributed by atoms with E-state index in [0.29, 0.717) is 18.3 Å². The third-order valence-corrected chi connectivity index (χ3v) is 5.15. The molecule has 2 unspecified atom stereocenters. The second-order valence-electron chi connectivity index (χ2n) is 6.97. The Labute approximate surface area is 174 Å². The first-order valence-electron chi connectivity index (χ1n) is 9.62. The Bertz CT molecular complexity index is 915. The van der Waals surface area contributed by atoms with Crippen molar-refractivity contribution in [2.24, 2.45) is 11.8 Å². The van der Waals surface area contributed by atoms with Gasteiger partial charge in [0.1, 0.15) is 5.75 Å². The number of rotatable bonds is 6. The van der Waals surface area contributed by atoms with Gasteiger partial charge in [-0.25, -0.2) is 9.59 Å². The number of benzene rings is 1. The number of carboxylic acids is 2. The normalized spacial score (nSPS) is 18.0. The summed E-state index contributed by atoms with van der Waals surface area (Å²) in [7, 11) is 1.63. The molecule has 3 N–H and O–H groups in total. The van der Waals surface area contributed by atoms with E-state index in [4.69, 9.17) is 24.5 Å². The molecular weight excluding hydrogens is 388 g/mol. The van der Waals surface area contributed by atoms with Crippen molar-refractivity contribution in [1.29, 1.82) is 0 Å². The van der Waals surface area contributed by atoms with Crippen molar-refractivity contribution >= 4 is 28.6 Å². The lowest BCUT2D eigenvalue weighted by molar-refractivity contribution is -0.159. The fraction of sp³-hybridized carbons (Fsp3) is 0.364. The first kappa shape index (κ1) is 23.0. The van der Waals surface area contributed by atoms with Crippen LogP contribution in [0.2, 0.25) is 0 Å². The van der Waals surface area contributed by atoms with E-state index >= 15 is 0 Å². The summed E-state index contributed by atoms with van der Waals surface area (Å²) < 4.78 is 5.28. The number of Topliss-reactive ketones (excluding diaryl/α,β-unsaturated/α-hetero) is 1. The SMILES string of the molecule is C=CC1CNCCC1CCC(=O)c1ccnc2ccc(OC)cc12.O=C(O)C(=O)O. The summed E-state index contributed by atoms with van der Waals surface area (Å²) in [5.41, 5.74) is 1.57. The van der Waals surface area contributed by atoms with E-state index in [1.165, 1.54) is 0 Å². The van der Waals surface area contributed by atoms with Gasteiger partial charge in [-0.05, 0) is 55.5 Å². The summed E-state index contributed by atoms with van der Waals surface area (Å²) >= 11 is 0. The third kappa shape index (κ3) is 6.12. The predicted octanol–water partition coefficient (Wildman–Crippen LogP) is 2.77. The number of carbonyl (C=O) groups is 3. The second kappa shape index (κ2) is 11.1. The molecule has 1 aromatic heterocycles. The highest BCUT2D eigenvalue weighted by atomic mass is 16.5. The Kier molecular flexibility index (Phi) is 8.49. The van der Waals surface area contributed by atoms with Gasteiger partial charge in [0.25, 0.3) is 0 Å². The predicted molar refractivity (Wildman–Crippen MR) is 112 cm³/mol. The zero-order valence-electron chi connectivity index (χ0n) is 16.8. The van der Waals surface area contributed by atoms with Gasteiger partial charge in [-0.1, -0.05) is 6.08 Å². The number of piperidine rings is 1. The zero-order valence-corrected chi connectivity index (χ0v) is 16.8. The molecule has 0 saturated carbocycles. The number of aliphatic carboxylic acids is 2. The number of pyridine rings is 1. The van der Waals surface area contributed by atoms with Crippen LogP contribution in [0.15, 0.2) is 43.1 Å². The molecule has 0 radical (unpaired) electrons. The molecule has 0 aliphatic carbocycles. The quantitative estimate of drug-likeness (QED) is 0.374. The van der Waals surface area contributed by atoms with Crippen LogP contribution in [0.5, 0.6) is 5.75 Å². The molecule has 30 heavy (non-hydrogen) atoms. The highest BCUT2D eigenvalue weighted by Crippen LogP contribution is 2.28. The Balaban J connectivity index is 0.000000469. The van der Waals surface area contributed by atoms with Crippen LogP contribution in [0, 0.1) is 11.8 Å². The number of hydrogen-bond donors (Lipinski definition) is 3. The van der Waals surface area contributed by atoms with Gasteiger partial charge >= 0.3 is 11.9 Å². The fourth-order valence-electron chi connectivity index (χ4n) is 3.52. The van der Waals surface area contributed by atoms with Crippen LogP contribution in [0.1, 0.15) is 29.6 Å². The number of ketones is 1. The summed E-state index contributed by atoms with van der Waals surface area (Å²) in [6.07, 6.45) is 6.30. The van der Waals surface area contributed by atoms with Crippen LogP contribution in [0.4, 0.5) is 0 Å². The first-order valence-corrected chi connectivity index (χ1v) is 9.62. The van der Waals surface area contributed by atoms with Crippen molar-refractivity contribution in [3.8, 4) is 5.75 Å². The number of ether oxygens (including phenoxy) is 1. The highest BCUT2D eigenvalue weighted by molar-refractivity contribution is 6.27. The van der Waals surface area contributed by atoms with E-state index < -0.39 is 11.9 Å². The average Bonchev–Trinajstić information content (AvgIpc) is 2.77. The summed E-state index contributed by atoms with van der Waals surface area (Å²) in [6.45, 7) is 5.93. The molecule has 1 aliphatic rings. The summed E-state index contributed by atoms with van der Waals surface area (Å²) in [5, 5.41) is 19.0. The minimum Gasteiger partial charge on any atom is -0.497 e. The molecule has 8 heteroatoms. The van der Waals surface area contributed by atoms with Gasteiger partial charge in [-0.2, -0.15) is 0 Å². The van der Waals surface area contributed by atoms with Crippen molar-refractivity contribution in [3.63, 3.8) is 0 Å². The molecule has 2 aromatic rings. The van der Waals surface area contributed by atoms with Gasteiger partial charge in [0.15, 0.2) is 5.78 Å². The Morgan fingerprint density at radius 1 is 1.27 bits per heavy atom. The summed E-state index contributed by atoms with van der Waals surface area (Å²) in [5.74, 6) is -1.73. The van der Waals surface area contributed by atoms with Crippen LogP contribution < -0.4 is 10.1 Å². The van der Waals surface area contributed by atoms with Crippen molar-refractivity contribution in [1.82, 2.24) is 10.3 Å². The lowest BCUT2D eigenvalue weighted by Gasteiger charge is -2.29. The number of fused-ring (bicyclic) bond motifs is 1. The number of hydrogen-bond acceptors (Lipinski definition) is 6. The molecule has 3 rings (SSSR count). The number of carbonyl (C=O) groups excluding carboxylic acids is 1. The molecule has 1 saturated heterocycles. The molecule has 2 heterocycles. The van der Waals surface area contributed by atoms with Gasteiger partial charge in [-0.3, -0.25) is 9.78 Å². The monoisotopic (exact) mass is 414 g/mol. The van der Waals surface area contributed by atoms with Crippen LogP contribution >= 0.6 is 0 Å². The molecule has 2 atom stereocenters. The standard InChI is InChI=1S/C20H24N2O2.C2H2O4/c1-3-14-13-21-10-8-15(14)4-7-20(23)17-9-11-22-19-6-5-16(24-2)12-18(17)19;3-1(4)2(5)6/h3,5-6,9,11-12,14-15,21H,1,4,7-8,10,13H2,2H3;(H,3,4)(H,5,6). The Hall–Kier alpha value is -3.26. The number of carboxylic acid groups (broad SMARTS) is 2. The van der Waals surface area contributed by atoms with Gasteiger partial charge in [-0.15, -0.1) is 6.58 Å². The van der Waals surface area contributed by atoms with Crippen molar-refractivity contribution in [2.75, 3.05) is 20.2 Å². The number of nitrogens with one attached hydrogen (secondary N) is 1. The smallest absolute Gasteiger partial charge is 0.414 e. The lowest BCUT2D eigenvalue weighted by Crippen LogP contribution is -2.35. The summed E-state index contributed by atoms with van der Waals surface area (Å²) in [4.78, 5) is 35.3. The van der Waals surface area contributed by atoms with E-state index in [-0.39, 0.29) is 5.78 Å². The van der Waals surface area contributed by atoms with E-state index in [0.717, 1.165) is 48.1 Å². The minimum absolute atomic E-state index is 0.178. The second-order valence-corrected chi connectivity index (χ2v) is 6.97. The maximum atomic E-state index is 12.8. The van der Waals surface area contributed by atoms with Gasteiger partial charge in [0.05, 0.1) is 12.6 Å². The molecule has 0 bridgehead atoms. The van der Waals surface area contributed by atoms with Crippen LogP contribution in [-0.4, -0.2) is 53.1 Å². The Morgan fingerprint density at radius 2 is 2.00 bits per heavy atom. The number of nitrogens with zero attached hydrogens (tertiary/aromatic N) is 1. The first-order chi connectivity index (χ1) is 14.4. The highest BCUT2D eigenvalue weighted by Gasteiger charge is 2.23. The maximum Gasteiger partial charge on any atom is 0.414 e. The average molecular weight is 414 g/mol. The van der Waals surface area contributed by atoms with E-state index in [1.807, 2.05) is 30.3 Å². The summed E-state index contributed by atoms with van der Waals surface area (Å²) in [6, 6.07) is 7.48. The minimum atomic E-state index is -1.82. The topological polar surface area (TPSA) is 126 Å². The fourth-order valence-corrected chi connectivity index (χ4v) is 3.52. The van der Waals surface area contributed by atoms with Crippen LogP contribution in [0.3, 0.4) is 0 Å². The van der Waals surface area contributed by atoms with E-state index in [1.54, 1.807) is 13.3 Å².